The maximum atomic E-state index is 11.5. The van der Waals surface area contributed by atoms with Gasteiger partial charge in [0.1, 0.15) is 11.5 Å². The van der Waals surface area contributed by atoms with Crippen LogP contribution < -0.4 is 15.6 Å². The van der Waals surface area contributed by atoms with Gasteiger partial charge >= 0.3 is 0 Å². The van der Waals surface area contributed by atoms with Crippen LogP contribution in [0, 0.1) is 0 Å². The molecule has 0 radical (unpaired) electrons. The highest BCUT2D eigenvalue weighted by Gasteiger charge is 2.15. The SMILES string of the molecule is Br.COc1ccc(C[C@@H](C)NC[C@H](O)c2ccc(O)c3[nH]c(=O)ccc23)cc1. The molecule has 3 aromatic rings. The summed E-state index contributed by atoms with van der Waals surface area (Å²) in [6.07, 6.45) is 0.0534. The summed E-state index contributed by atoms with van der Waals surface area (Å²) in [5.74, 6) is 0.812. The smallest absolute Gasteiger partial charge is 0.248 e. The number of hydrogen-bond acceptors (Lipinski definition) is 5. The van der Waals surface area contributed by atoms with Crippen molar-refractivity contribution in [3.8, 4) is 11.5 Å². The molecule has 0 fully saturated rings. The van der Waals surface area contributed by atoms with Crippen LogP contribution in [0.2, 0.25) is 0 Å². The number of halogens is 1. The van der Waals surface area contributed by atoms with E-state index in [0.29, 0.717) is 23.0 Å². The van der Waals surface area contributed by atoms with E-state index in [1.165, 1.54) is 17.7 Å². The monoisotopic (exact) mass is 448 g/mol. The normalized spacial score (nSPS) is 13.0. The van der Waals surface area contributed by atoms with Crippen LogP contribution in [-0.4, -0.2) is 34.9 Å². The molecule has 0 bridgehead atoms. The lowest BCUT2D eigenvalue weighted by Gasteiger charge is -2.19. The lowest BCUT2D eigenvalue weighted by molar-refractivity contribution is 0.172. The molecule has 7 heteroatoms. The van der Waals surface area contributed by atoms with Crippen molar-refractivity contribution in [2.24, 2.45) is 0 Å². The Kier molecular flexibility index (Phi) is 7.62. The number of methoxy groups -OCH3 is 1. The van der Waals surface area contributed by atoms with E-state index in [1.54, 1.807) is 19.2 Å². The molecule has 0 aliphatic carbocycles. The van der Waals surface area contributed by atoms with E-state index in [4.69, 9.17) is 4.74 Å². The molecule has 0 spiro atoms. The van der Waals surface area contributed by atoms with Gasteiger partial charge in [0.05, 0.1) is 18.7 Å². The number of pyridine rings is 1. The molecule has 3 rings (SSSR count). The quantitative estimate of drug-likeness (QED) is 0.445. The van der Waals surface area contributed by atoms with Gasteiger partial charge in [0.25, 0.3) is 0 Å². The fourth-order valence-electron chi connectivity index (χ4n) is 3.16. The first-order valence-corrected chi connectivity index (χ1v) is 8.87. The first-order valence-electron chi connectivity index (χ1n) is 8.87. The van der Waals surface area contributed by atoms with Gasteiger partial charge in [-0.15, -0.1) is 17.0 Å². The fraction of sp³-hybridized carbons (Fsp3) is 0.286. The first-order chi connectivity index (χ1) is 13.0. The molecular formula is C21H25BrN2O4. The number of fused-ring (bicyclic) bond motifs is 1. The van der Waals surface area contributed by atoms with E-state index >= 15 is 0 Å². The highest BCUT2D eigenvalue weighted by Crippen LogP contribution is 2.28. The van der Waals surface area contributed by atoms with Gasteiger partial charge in [-0.1, -0.05) is 18.2 Å². The van der Waals surface area contributed by atoms with Gasteiger partial charge in [0.15, 0.2) is 0 Å². The Labute approximate surface area is 174 Å². The van der Waals surface area contributed by atoms with Gasteiger partial charge in [-0.05, 0) is 48.7 Å². The number of rotatable bonds is 7. The van der Waals surface area contributed by atoms with Gasteiger partial charge in [-0.25, -0.2) is 0 Å². The van der Waals surface area contributed by atoms with Crippen molar-refractivity contribution in [3.05, 3.63) is 70.0 Å². The highest BCUT2D eigenvalue weighted by molar-refractivity contribution is 8.93. The molecule has 150 valence electrons. The second-order valence-electron chi connectivity index (χ2n) is 6.66. The topological polar surface area (TPSA) is 94.6 Å². The number of aliphatic hydroxyl groups excluding tert-OH is 1. The number of ether oxygens (including phenoxy) is 1. The van der Waals surface area contributed by atoms with Gasteiger partial charge in [-0.3, -0.25) is 4.79 Å². The van der Waals surface area contributed by atoms with Gasteiger partial charge in [-0.2, -0.15) is 0 Å². The van der Waals surface area contributed by atoms with Crippen molar-refractivity contribution in [1.82, 2.24) is 10.3 Å². The zero-order chi connectivity index (χ0) is 19.4. The number of H-pyrrole nitrogens is 1. The molecule has 2 aromatic carbocycles. The Balaban J connectivity index is 0.00000280. The molecular weight excluding hydrogens is 424 g/mol. The summed E-state index contributed by atoms with van der Waals surface area (Å²) in [6.45, 7) is 2.42. The maximum absolute atomic E-state index is 11.5. The minimum atomic E-state index is -0.766. The second kappa shape index (κ2) is 9.73. The molecule has 0 aliphatic heterocycles. The summed E-state index contributed by atoms with van der Waals surface area (Å²) in [6, 6.07) is 14.2. The van der Waals surface area contributed by atoms with E-state index in [1.807, 2.05) is 24.3 Å². The average molecular weight is 449 g/mol. The van der Waals surface area contributed by atoms with Crippen molar-refractivity contribution in [2.75, 3.05) is 13.7 Å². The Bertz CT molecular complexity index is 972. The van der Waals surface area contributed by atoms with Crippen molar-refractivity contribution < 1.29 is 14.9 Å². The number of phenolic OH excluding ortho intramolecular Hbond substituents is 1. The van der Waals surface area contributed by atoms with Crippen LogP contribution in [0.15, 0.2) is 53.3 Å². The first kappa shape index (κ1) is 21.9. The maximum Gasteiger partial charge on any atom is 0.248 e. The number of aromatic amines is 1. The molecule has 4 N–H and O–H groups in total. The Morgan fingerprint density at radius 1 is 1.11 bits per heavy atom. The summed E-state index contributed by atoms with van der Waals surface area (Å²) in [4.78, 5) is 14.1. The number of nitrogens with one attached hydrogen (secondary N) is 2. The molecule has 6 nitrogen and oxygen atoms in total. The minimum absolute atomic E-state index is 0. The number of aromatic nitrogens is 1. The predicted octanol–water partition coefficient (Wildman–Crippen LogP) is 3.07. The van der Waals surface area contributed by atoms with E-state index in [2.05, 4.69) is 17.2 Å². The van der Waals surface area contributed by atoms with Crippen LogP contribution in [-0.2, 0) is 6.42 Å². The molecule has 0 amide bonds. The number of hydrogen-bond donors (Lipinski definition) is 4. The van der Waals surface area contributed by atoms with Gasteiger partial charge in [0.2, 0.25) is 5.56 Å². The Hall–Kier alpha value is -2.35. The van der Waals surface area contributed by atoms with Crippen molar-refractivity contribution in [1.29, 1.82) is 0 Å². The van der Waals surface area contributed by atoms with Crippen LogP contribution in [0.3, 0.4) is 0 Å². The summed E-state index contributed by atoms with van der Waals surface area (Å²) < 4.78 is 5.16. The fourth-order valence-corrected chi connectivity index (χ4v) is 3.16. The molecule has 1 aromatic heterocycles. The molecule has 28 heavy (non-hydrogen) atoms. The molecule has 0 saturated carbocycles. The third-order valence-corrected chi connectivity index (χ3v) is 4.63. The molecule has 2 atom stereocenters. The third kappa shape index (κ3) is 5.13. The second-order valence-corrected chi connectivity index (χ2v) is 6.66. The van der Waals surface area contributed by atoms with Gasteiger partial charge in [0, 0.05) is 24.0 Å². The number of aliphatic hydroxyl groups is 1. The molecule has 0 unspecified atom stereocenters. The van der Waals surface area contributed by atoms with Crippen LogP contribution in [0.1, 0.15) is 24.2 Å². The Morgan fingerprint density at radius 2 is 1.82 bits per heavy atom. The van der Waals surface area contributed by atoms with Crippen LogP contribution >= 0.6 is 17.0 Å². The lowest BCUT2D eigenvalue weighted by Crippen LogP contribution is -2.32. The van der Waals surface area contributed by atoms with E-state index in [9.17, 15) is 15.0 Å². The summed E-state index contributed by atoms with van der Waals surface area (Å²) in [5.41, 5.74) is 1.88. The van der Waals surface area contributed by atoms with E-state index in [-0.39, 0.29) is 34.3 Å². The Morgan fingerprint density at radius 3 is 2.50 bits per heavy atom. The zero-order valence-corrected chi connectivity index (χ0v) is 17.5. The summed E-state index contributed by atoms with van der Waals surface area (Å²) >= 11 is 0. The van der Waals surface area contributed by atoms with Crippen molar-refractivity contribution in [2.45, 2.75) is 25.5 Å². The van der Waals surface area contributed by atoms with Crippen molar-refractivity contribution >= 4 is 27.9 Å². The number of benzene rings is 2. The summed E-state index contributed by atoms with van der Waals surface area (Å²) in [7, 11) is 1.64. The number of aromatic hydroxyl groups is 1. The van der Waals surface area contributed by atoms with Gasteiger partial charge < -0.3 is 25.3 Å². The zero-order valence-electron chi connectivity index (χ0n) is 15.8. The molecule has 0 saturated heterocycles. The molecule has 0 aliphatic rings. The highest BCUT2D eigenvalue weighted by atomic mass is 79.9. The third-order valence-electron chi connectivity index (χ3n) is 4.63. The predicted molar refractivity (Wildman–Crippen MR) is 116 cm³/mol. The van der Waals surface area contributed by atoms with E-state index in [0.717, 1.165) is 12.2 Å². The van der Waals surface area contributed by atoms with Crippen molar-refractivity contribution in [3.63, 3.8) is 0 Å². The van der Waals surface area contributed by atoms with Crippen LogP contribution in [0.5, 0.6) is 11.5 Å². The van der Waals surface area contributed by atoms with E-state index < -0.39 is 6.10 Å². The van der Waals surface area contributed by atoms with Crippen LogP contribution in [0.25, 0.3) is 10.9 Å². The standard InChI is InChI=1S/C21H24N2O4.BrH/c1-13(11-14-3-5-15(27-2)6-4-14)22-12-19(25)16-7-9-18(24)21-17(16)8-10-20(26)23-21;/h3-10,13,19,22,24-25H,11-12H2,1-2H3,(H,23,26);1H/t13-,19+;/m1./s1. The lowest BCUT2D eigenvalue weighted by atomic mass is 10.0. The molecule has 1 heterocycles. The number of phenols is 1. The minimum Gasteiger partial charge on any atom is -0.506 e. The average Bonchev–Trinajstić information content (AvgIpc) is 2.67. The van der Waals surface area contributed by atoms with Crippen LogP contribution in [0.4, 0.5) is 0 Å². The largest absolute Gasteiger partial charge is 0.506 e. The summed E-state index contributed by atoms with van der Waals surface area (Å²) in [5, 5.41) is 24.5.